The minimum Gasteiger partial charge on any atom is -0.377 e. The van der Waals surface area contributed by atoms with E-state index in [-0.39, 0.29) is 0 Å². The Balaban J connectivity index is 1.60. The Morgan fingerprint density at radius 1 is 1.21 bits per heavy atom. The van der Waals surface area contributed by atoms with Crippen LogP contribution in [0.2, 0.25) is 0 Å². The average Bonchev–Trinajstić information content (AvgIpc) is 3.09. The molecule has 0 amide bonds. The first-order chi connectivity index (χ1) is 9.25. The molecule has 110 valence electrons. The van der Waals surface area contributed by atoms with Gasteiger partial charge in [0.2, 0.25) is 0 Å². The Labute approximate surface area is 118 Å². The molecule has 2 heterocycles. The van der Waals surface area contributed by atoms with Gasteiger partial charge in [-0.05, 0) is 44.1 Å². The zero-order chi connectivity index (χ0) is 13.1. The summed E-state index contributed by atoms with van der Waals surface area (Å²) < 4.78 is 5.88. The molecule has 19 heavy (non-hydrogen) atoms. The van der Waals surface area contributed by atoms with E-state index in [0.717, 1.165) is 12.6 Å². The molecule has 2 unspecified atom stereocenters. The third-order valence-corrected chi connectivity index (χ3v) is 5.35. The van der Waals surface area contributed by atoms with E-state index in [1.165, 1.54) is 71.1 Å². The van der Waals surface area contributed by atoms with Gasteiger partial charge in [-0.15, -0.1) is 0 Å². The summed E-state index contributed by atoms with van der Waals surface area (Å²) in [4.78, 5) is 2.79. The highest BCUT2D eigenvalue weighted by Crippen LogP contribution is 2.31. The van der Waals surface area contributed by atoms with E-state index < -0.39 is 0 Å². The standard InChI is InChI=1S/C16H30N2O/c1-16(8-9-17-12-16)13-18(14-5-2-3-6-14)11-15-7-4-10-19-15/h14-15,17H,2-13H2,1H3. The van der Waals surface area contributed by atoms with Crippen LogP contribution < -0.4 is 5.32 Å². The second kappa shape index (κ2) is 6.11. The Morgan fingerprint density at radius 2 is 2.05 bits per heavy atom. The maximum Gasteiger partial charge on any atom is 0.0702 e. The monoisotopic (exact) mass is 266 g/mol. The van der Waals surface area contributed by atoms with Crippen molar-refractivity contribution < 1.29 is 4.74 Å². The lowest BCUT2D eigenvalue weighted by atomic mass is 9.88. The van der Waals surface area contributed by atoms with Crippen molar-refractivity contribution in [3.63, 3.8) is 0 Å². The Hall–Kier alpha value is -0.120. The predicted octanol–water partition coefficient (Wildman–Crippen LogP) is 2.41. The van der Waals surface area contributed by atoms with Gasteiger partial charge in [0.1, 0.15) is 0 Å². The molecule has 1 saturated carbocycles. The van der Waals surface area contributed by atoms with E-state index >= 15 is 0 Å². The van der Waals surface area contributed by atoms with Gasteiger partial charge >= 0.3 is 0 Å². The molecule has 3 heteroatoms. The molecule has 3 aliphatic rings. The third kappa shape index (κ3) is 3.50. The van der Waals surface area contributed by atoms with E-state index in [1.54, 1.807) is 0 Å². The third-order valence-electron chi connectivity index (χ3n) is 5.35. The number of rotatable bonds is 5. The number of nitrogens with zero attached hydrogens (tertiary/aromatic N) is 1. The predicted molar refractivity (Wildman–Crippen MR) is 78.4 cm³/mol. The SMILES string of the molecule is CC1(CN(CC2CCCO2)C2CCCC2)CCNC1. The van der Waals surface area contributed by atoms with Gasteiger partial charge in [-0.2, -0.15) is 0 Å². The molecule has 3 nitrogen and oxygen atoms in total. The second-order valence-corrected chi connectivity index (χ2v) is 7.24. The Bertz CT molecular complexity index is 276. The van der Waals surface area contributed by atoms with Crippen LogP contribution in [-0.2, 0) is 4.74 Å². The van der Waals surface area contributed by atoms with Gasteiger partial charge < -0.3 is 10.1 Å². The first-order valence-corrected chi connectivity index (χ1v) is 8.32. The van der Waals surface area contributed by atoms with Crippen LogP contribution in [0.1, 0.15) is 51.9 Å². The molecule has 2 atom stereocenters. The zero-order valence-corrected chi connectivity index (χ0v) is 12.5. The van der Waals surface area contributed by atoms with Crippen LogP contribution in [0.5, 0.6) is 0 Å². The topological polar surface area (TPSA) is 24.5 Å². The molecule has 0 aromatic carbocycles. The van der Waals surface area contributed by atoms with Crippen molar-refractivity contribution in [2.45, 2.75) is 64.0 Å². The first kappa shape index (κ1) is 13.8. The van der Waals surface area contributed by atoms with Gasteiger partial charge in [-0.3, -0.25) is 4.90 Å². The summed E-state index contributed by atoms with van der Waals surface area (Å²) in [5, 5.41) is 3.54. The quantitative estimate of drug-likeness (QED) is 0.827. The Kier molecular flexibility index (Phi) is 4.45. The van der Waals surface area contributed by atoms with Crippen molar-refractivity contribution in [1.29, 1.82) is 0 Å². The van der Waals surface area contributed by atoms with Gasteiger partial charge in [-0.25, -0.2) is 0 Å². The molecular formula is C16H30N2O. The average molecular weight is 266 g/mol. The molecule has 0 radical (unpaired) electrons. The molecular weight excluding hydrogens is 236 g/mol. The van der Waals surface area contributed by atoms with Gasteiger partial charge in [0.15, 0.2) is 0 Å². The lowest BCUT2D eigenvalue weighted by molar-refractivity contribution is 0.0402. The van der Waals surface area contributed by atoms with Crippen LogP contribution in [0.25, 0.3) is 0 Å². The molecule has 2 saturated heterocycles. The Morgan fingerprint density at radius 3 is 2.68 bits per heavy atom. The summed E-state index contributed by atoms with van der Waals surface area (Å²) >= 11 is 0. The fraction of sp³-hybridized carbons (Fsp3) is 1.00. The highest BCUT2D eigenvalue weighted by Gasteiger charge is 2.35. The van der Waals surface area contributed by atoms with E-state index in [1.807, 2.05) is 0 Å². The normalized spacial score (nSPS) is 36.6. The van der Waals surface area contributed by atoms with E-state index in [9.17, 15) is 0 Å². The maximum absolute atomic E-state index is 5.88. The summed E-state index contributed by atoms with van der Waals surface area (Å²) in [6.07, 6.45) is 10.1. The molecule has 0 aromatic rings. The first-order valence-electron chi connectivity index (χ1n) is 8.32. The van der Waals surface area contributed by atoms with Crippen molar-refractivity contribution in [3.05, 3.63) is 0 Å². The summed E-state index contributed by atoms with van der Waals surface area (Å²) in [7, 11) is 0. The van der Waals surface area contributed by atoms with Crippen LogP contribution in [0, 0.1) is 5.41 Å². The van der Waals surface area contributed by atoms with Gasteiger partial charge in [0.25, 0.3) is 0 Å². The minimum absolute atomic E-state index is 0.487. The lowest BCUT2D eigenvalue weighted by Gasteiger charge is -2.37. The van der Waals surface area contributed by atoms with E-state index in [0.29, 0.717) is 11.5 Å². The number of ether oxygens (including phenoxy) is 1. The number of nitrogens with one attached hydrogen (secondary N) is 1. The zero-order valence-electron chi connectivity index (χ0n) is 12.5. The van der Waals surface area contributed by atoms with Gasteiger partial charge in [-0.1, -0.05) is 19.8 Å². The fourth-order valence-corrected chi connectivity index (χ4v) is 4.16. The van der Waals surface area contributed by atoms with Crippen LogP contribution in [-0.4, -0.2) is 49.8 Å². The van der Waals surface area contributed by atoms with Crippen molar-refractivity contribution >= 4 is 0 Å². The molecule has 0 bridgehead atoms. The van der Waals surface area contributed by atoms with Crippen LogP contribution in [0.15, 0.2) is 0 Å². The molecule has 3 fully saturated rings. The molecule has 3 rings (SSSR count). The smallest absolute Gasteiger partial charge is 0.0702 e. The second-order valence-electron chi connectivity index (χ2n) is 7.24. The number of hydrogen-bond donors (Lipinski definition) is 1. The van der Waals surface area contributed by atoms with Crippen molar-refractivity contribution in [2.75, 3.05) is 32.8 Å². The van der Waals surface area contributed by atoms with Crippen molar-refractivity contribution in [3.8, 4) is 0 Å². The van der Waals surface area contributed by atoms with Crippen LogP contribution in [0.3, 0.4) is 0 Å². The van der Waals surface area contributed by atoms with Gasteiger partial charge in [0.05, 0.1) is 6.10 Å². The summed E-state index contributed by atoms with van der Waals surface area (Å²) in [6, 6.07) is 0.835. The number of hydrogen-bond acceptors (Lipinski definition) is 3. The summed E-state index contributed by atoms with van der Waals surface area (Å²) in [6.45, 7) is 8.30. The lowest BCUT2D eigenvalue weighted by Crippen LogP contribution is -2.45. The molecule has 1 aliphatic carbocycles. The molecule has 0 aromatic heterocycles. The van der Waals surface area contributed by atoms with Crippen LogP contribution >= 0.6 is 0 Å². The molecule has 1 N–H and O–H groups in total. The van der Waals surface area contributed by atoms with E-state index in [2.05, 4.69) is 17.1 Å². The minimum atomic E-state index is 0.487. The largest absolute Gasteiger partial charge is 0.377 e. The maximum atomic E-state index is 5.88. The summed E-state index contributed by atoms with van der Waals surface area (Å²) in [5.74, 6) is 0. The fourth-order valence-electron chi connectivity index (χ4n) is 4.16. The molecule has 0 spiro atoms. The van der Waals surface area contributed by atoms with E-state index in [4.69, 9.17) is 4.74 Å². The summed E-state index contributed by atoms with van der Waals surface area (Å²) in [5.41, 5.74) is 0.487. The van der Waals surface area contributed by atoms with Crippen molar-refractivity contribution in [2.24, 2.45) is 5.41 Å². The highest BCUT2D eigenvalue weighted by atomic mass is 16.5. The highest BCUT2D eigenvalue weighted by molar-refractivity contribution is 4.90. The van der Waals surface area contributed by atoms with Crippen LogP contribution in [0.4, 0.5) is 0 Å². The molecule has 2 aliphatic heterocycles. The van der Waals surface area contributed by atoms with Gasteiger partial charge in [0, 0.05) is 32.3 Å². The van der Waals surface area contributed by atoms with Crippen molar-refractivity contribution in [1.82, 2.24) is 10.2 Å².